The van der Waals surface area contributed by atoms with E-state index in [1.165, 1.54) is 12.1 Å². The van der Waals surface area contributed by atoms with Crippen LogP contribution in [0.25, 0.3) is 0 Å². The van der Waals surface area contributed by atoms with Gasteiger partial charge in [0.1, 0.15) is 0 Å². The monoisotopic (exact) mass is 331 g/mol. The topological polar surface area (TPSA) is 89.5 Å². The van der Waals surface area contributed by atoms with Gasteiger partial charge in [0.25, 0.3) is 0 Å². The molecule has 2 rings (SSSR count). The van der Waals surface area contributed by atoms with Crippen LogP contribution < -0.4 is 9.50 Å². The fourth-order valence-corrected chi connectivity index (χ4v) is 2.71. The fourth-order valence-electron chi connectivity index (χ4n) is 2.08. The number of rotatable bonds is 5. The molecule has 1 aromatic carbocycles. The summed E-state index contributed by atoms with van der Waals surface area (Å²) < 4.78 is 27.5. The Morgan fingerprint density at radius 2 is 2.10 bits per heavy atom. The van der Waals surface area contributed by atoms with Crippen LogP contribution in [0.15, 0.2) is 12.1 Å². The van der Waals surface area contributed by atoms with Crippen LogP contribution >= 0.6 is 11.6 Å². The summed E-state index contributed by atoms with van der Waals surface area (Å²) >= 11 is 5.55. The summed E-state index contributed by atoms with van der Waals surface area (Å²) in [5.74, 6) is -0.399. The Morgan fingerprint density at radius 1 is 1.38 bits per heavy atom. The summed E-state index contributed by atoms with van der Waals surface area (Å²) in [7, 11) is -3.76. The molecule has 1 aromatic rings. The SMILES string of the molecule is CS(=O)(=O)Oc1cc2c(cc1C(=O)CCCl)NC(=O)CC2. The molecule has 6 nitrogen and oxygen atoms in total. The third kappa shape index (κ3) is 3.95. The highest BCUT2D eigenvalue weighted by Gasteiger charge is 2.22. The Kier molecular flexibility index (Phi) is 4.53. The van der Waals surface area contributed by atoms with Crippen LogP contribution in [0.1, 0.15) is 28.8 Å². The number of nitrogens with one attached hydrogen (secondary N) is 1. The maximum atomic E-state index is 12.0. The van der Waals surface area contributed by atoms with E-state index in [4.69, 9.17) is 15.8 Å². The molecule has 1 N–H and O–H groups in total. The zero-order valence-electron chi connectivity index (χ0n) is 11.3. The van der Waals surface area contributed by atoms with Crippen molar-refractivity contribution in [1.29, 1.82) is 0 Å². The molecule has 0 spiro atoms. The fraction of sp³-hybridized carbons (Fsp3) is 0.385. The van der Waals surface area contributed by atoms with Crippen LogP contribution in [0.4, 0.5) is 5.69 Å². The van der Waals surface area contributed by atoms with Gasteiger partial charge in [-0.25, -0.2) is 0 Å². The van der Waals surface area contributed by atoms with Gasteiger partial charge in [0.05, 0.1) is 11.8 Å². The lowest BCUT2D eigenvalue weighted by molar-refractivity contribution is -0.116. The van der Waals surface area contributed by atoms with Crippen molar-refractivity contribution in [3.63, 3.8) is 0 Å². The Hall–Kier alpha value is -1.60. The van der Waals surface area contributed by atoms with E-state index in [0.29, 0.717) is 18.5 Å². The second kappa shape index (κ2) is 6.03. The molecular formula is C13H14ClNO5S. The lowest BCUT2D eigenvalue weighted by Crippen LogP contribution is -2.20. The van der Waals surface area contributed by atoms with Gasteiger partial charge < -0.3 is 9.50 Å². The number of amides is 1. The molecule has 0 fully saturated rings. The number of alkyl halides is 1. The molecule has 0 aliphatic carbocycles. The Morgan fingerprint density at radius 3 is 2.71 bits per heavy atom. The van der Waals surface area contributed by atoms with Gasteiger partial charge in [-0.15, -0.1) is 11.6 Å². The number of Topliss-reactive ketones (excluding diaryl/α,β-unsaturated/α-hetero) is 1. The minimum Gasteiger partial charge on any atom is -0.382 e. The number of hydrogen-bond donors (Lipinski definition) is 1. The van der Waals surface area contributed by atoms with Crippen LogP contribution in [0.3, 0.4) is 0 Å². The van der Waals surface area contributed by atoms with Gasteiger partial charge in [0.2, 0.25) is 5.91 Å². The Labute approximate surface area is 127 Å². The highest BCUT2D eigenvalue weighted by molar-refractivity contribution is 7.86. The van der Waals surface area contributed by atoms with Crippen molar-refractivity contribution in [1.82, 2.24) is 0 Å². The molecule has 0 aromatic heterocycles. The summed E-state index contributed by atoms with van der Waals surface area (Å²) in [6.07, 6.45) is 1.73. The molecule has 8 heteroatoms. The van der Waals surface area contributed by atoms with E-state index in [9.17, 15) is 18.0 Å². The second-order valence-electron chi connectivity index (χ2n) is 4.70. The van der Waals surface area contributed by atoms with E-state index in [1.54, 1.807) is 0 Å². The lowest BCUT2D eigenvalue weighted by atomic mass is 9.98. The predicted molar refractivity (Wildman–Crippen MR) is 78.5 cm³/mol. The number of hydrogen-bond acceptors (Lipinski definition) is 5. The number of benzene rings is 1. The third-order valence-corrected chi connectivity index (χ3v) is 3.64. The number of anilines is 1. The summed E-state index contributed by atoms with van der Waals surface area (Å²) in [6.45, 7) is 0. The summed E-state index contributed by atoms with van der Waals surface area (Å²) in [6, 6.07) is 2.93. The first-order valence-electron chi connectivity index (χ1n) is 6.25. The first-order valence-corrected chi connectivity index (χ1v) is 8.60. The summed E-state index contributed by atoms with van der Waals surface area (Å²) in [4.78, 5) is 23.4. The van der Waals surface area contributed by atoms with Gasteiger partial charge in [0.15, 0.2) is 11.5 Å². The van der Waals surface area contributed by atoms with Crippen molar-refractivity contribution in [2.45, 2.75) is 19.3 Å². The largest absolute Gasteiger partial charge is 0.382 e. The molecule has 0 atom stereocenters. The third-order valence-electron chi connectivity index (χ3n) is 2.96. The van der Waals surface area contributed by atoms with Gasteiger partial charge in [-0.3, -0.25) is 9.59 Å². The molecule has 1 aliphatic heterocycles. The van der Waals surface area contributed by atoms with E-state index >= 15 is 0 Å². The predicted octanol–water partition coefficient (Wildman–Crippen LogP) is 1.72. The van der Waals surface area contributed by atoms with E-state index < -0.39 is 10.1 Å². The van der Waals surface area contributed by atoms with Gasteiger partial charge >= 0.3 is 10.1 Å². The minimum atomic E-state index is -3.76. The highest BCUT2D eigenvalue weighted by atomic mass is 35.5. The average molecular weight is 332 g/mol. The van der Waals surface area contributed by atoms with Gasteiger partial charge in [-0.1, -0.05) is 0 Å². The lowest BCUT2D eigenvalue weighted by Gasteiger charge is -2.19. The van der Waals surface area contributed by atoms with Crippen molar-refractivity contribution in [2.75, 3.05) is 17.5 Å². The van der Waals surface area contributed by atoms with Gasteiger partial charge in [-0.05, 0) is 24.1 Å². The standard InChI is InChI=1S/C13H14ClNO5S/c1-21(18,19)20-12-6-8-2-3-13(17)15-10(8)7-9(12)11(16)4-5-14/h6-7H,2-5H2,1H3,(H,15,17). The highest BCUT2D eigenvalue weighted by Crippen LogP contribution is 2.32. The van der Waals surface area contributed by atoms with Crippen molar-refractivity contribution in [3.05, 3.63) is 23.3 Å². The first-order chi connectivity index (χ1) is 9.80. The van der Waals surface area contributed by atoms with E-state index in [2.05, 4.69) is 5.32 Å². The maximum absolute atomic E-state index is 12.0. The van der Waals surface area contributed by atoms with Crippen LogP contribution in [0, 0.1) is 0 Å². The quantitative estimate of drug-likeness (QED) is 0.504. The number of carbonyl (C=O) groups excluding carboxylic acids is 2. The molecule has 1 heterocycles. The molecule has 114 valence electrons. The van der Waals surface area contributed by atoms with Gasteiger partial charge in [0, 0.05) is 24.4 Å². The zero-order chi connectivity index (χ0) is 15.6. The van der Waals surface area contributed by atoms with E-state index in [0.717, 1.165) is 11.8 Å². The maximum Gasteiger partial charge on any atom is 0.306 e. The van der Waals surface area contributed by atoms with Crippen molar-refractivity contribution in [2.24, 2.45) is 0 Å². The molecule has 0 radical (unpaired) electrons. The van der Waals surface area contributed by atoms with Crippen LogP contribution in [0.2, 0.25) is 0 Å². The summed E-state index contributed by atoms with van der Waals surface area (Å²) in [5.41, 5.74) is 1.34. The molecular weight excluding hydrogens is 318 g/mol. The first kappa shape index (κ1) is 15.8. The molecule has 21 heavy (non-hydrogen) atoms. The summed E-state index contributed by atoms with van der Waals surface area (Å²) in [5, 5.41) is 2.66. The van der Waals surface area contributed by atoms with Crippen molar-refractivity contribution >= 4 is 39.1 Å². The number of carbonyl (C=O) groups is 2. The normalized spacial score (nSPS) is 14.3. The number of fused-ring (bicyclic) bond motifs is 1. The Balaban J connectivity index is 2.50. The molecule has 0 unspecified atom stereocenters. The van der Waals surface area contributed by atoms with E-state index in [-0.39, 0.29) is 35.3 Å². The van der Waals surface area contributed by atoms with Crippen LogP contribution in [0.5, 0.6) is 5.75 Å². The zero-order valence-corrected chi connectivity index (χ0v) is 12.9. The number of aryl methyl sites for hydroxylation is 1. The van der Waals surface area contributed by atoms with E-state index in [1.807, 2.05) is 0 Å². The van der Waals surface area contributed by atoms with Gasteiger partial charge in [-0.2, -0.15) is 8.42 Å². The minimum absolute atomic E-state index is 0.0254. The number of ketones is 1. The molecule has 1 amide bonds. The molecule has 1 aliphatic rings. The Bertz CT molecular complexity index is 699. The smallest absolute Gasteiger partial charge is 0.306 e. The van der Waals surface area contributed by atoms with Crippen LogP contribution in [-0.2, 0) is 21.3 Å². The average Bonchev–Trinajstić information content (AvgIpc) is 2.36. The second-order valence-corrected chi connectivity index (χ2v) is 6.66. The molecule has 0 saturated heterocycles. The van der Waals surface area contributed by atoms with Crippen LogP contribution in [-0.4, -0.2) is 32.2 Å². The molecule has 0 saturated carbocycles. The number of halogens is 1. The molecule has 0 bridgehead atoms. The van der Waals surface area contributed by atoms with Crippen molar-refractivity contribution < 1.29 is 22.2 Å². The van der Waals surface area contributed by atoms with Crippen molar-refractivity contribution in [3.8, 4) is 5.75 Å².